The van der Waals surface area contributed by atoms with E-state index < -0.39 is 11.7 Å². The van der Waals surface area contributed by atoms with Crippen molar-refractivity contribution < 1.29 is 9.53 Å². The highest BCUT2D eigenvalue weighted by Crippen LogP contribution is 2.05. The molecule has 0 spiro atoms. The highest BCUT2D eigenvalue weighted by Gasteiger charge is 2.14. The number of carbonyl (C=O) groups is 1. The smallest absolute Gasteiger partial charge is 0.407 e. The Morgan fingerprint density at radius 2 is 2.00 bits per heavy atom. The van der Waals surface area contributed by atoms with Gasteiger partial charge < -0.3 is 10.1 Å². The molecule has 4 nitrogen and oxygen atoms in total. The molecule has 0 saturated heterocycles. The summed E-state index contributed by atoms with van der Waals surface area (Å²) < 4.78 is 7.59. The van der Waals surface area contributed by atoms with Crippen LogP contribution >= 0.6 is 12.8 Å². The van der Waals surface area contributed by atoms with Crippen molar-refractivity contribution >= 4 is 18.9 Å². The van der Waals surface area contributed by atoms with E-state index in [0.29, 0.717) is 13.1 Å². The van der Waals surface area contributed by atoms with E-state index >= 15 is 0 Å². The second kappa shape index (κ2) is 5.27. The Morgan fingerprint density at radius 1 is 1.42 bits per heavy atom. The van der Waals surface area contributed by atoms with Crippen LogP contribution in [0.5, 0.6) is 0 Å². The van der Waals surface area contributed by atoms with Gasteiger partial charge in [0.2, 0.25) is 0 Å². The van der Waals surface area contributed by atoms with Crippen molar-refractivity contribution in [2.24, 2.45) is 0 Å². The summed E-state index contributed by atoms with van der Waals surface area (Å²) in [5, 5.41) is 2.57. The summed E-state index contributed by atoms with van der Waals surface area (Å²) in [5.41, 5.74) is -0.432. The van der Waals surface area contributed by atoms with E-state index in [9.17, 15) is 4.79 Å². The van der Waals surface area contributed by atoms with Gasteiger partial charge in [0.05, 0.1) is 0 Å². The van der Waals surface area contributed by atoms with Crippen molar-refractivity contribution in [1.82, 2.24) is 10.0 Å². The van der Waals surface area contributed by atoms with Crippen LogP contribution in [0.2, 0.25) is 0 Å². The molecule has 0 aliphatic carbocycles. The Labute approximate surface area is 78.6 Å². The third-order valence-electron chi connectivity index (χ3n) is 0.905. The number of carbonyl (C=O) groups excluding carboxylic acids is 1. The molecule has 0 aromatic rings. The number of rotatable bonds is 3. The van der Waals surface area contributed by atoms with Crippen LogP contribution in [0.15, 0.2) is 0 Å². The molecule has 0 fully saturated rings. The Bertz CT molecular complexity index is 145. The monoisotopic (exact) mass is 192 g/mol. The third-order valence-corrected chi connectivity index (χ3v) is 1.13. The predicted octanol–water partition coefficient (Wildman–Crippen LogP) is 0.945. The molecule has 1 amide bonds. The molecule has 0 saturated carbocycles. The van der Waals surface area contributed by atoms with E-state index in [0.717, 1.165) is 0 Å². The number of nitrogens with one attached hydrogen (secondary N) is 2. The minimum absolute atomic E-state index is 0.397. The topological polar surface area (TPSA) is 50.4 Å². The fraction of sp³-hybridized carbons (Fsp3) is 0.857. The Morgan fingerprint density at radius 3 is 2.42 bits per heavy atom. The van der Waals surface area contributed by atoms with Gasteiger partial charge in [0.15, 0.2) is 0 Å². The number of hydrogen-bond acceptors (Lipinski definition) is 4. The van der Waals surface area contributed by atoms with Gasteiger partial charge in [-0.1, -0.05) is 12.8 Å². The zero-order valence-corrected chi connectivity index (χ0v) is 8.57. The van der Waals surface area contributed by atoms with E-state index in [1.807, 2.05) is 20.8 Å². The maximum Gasteiger partial charge on any atom is 0.407 e. The predicted molar refractivity (Wildman–Crippen MR) is 51.2 cm³/mol. The molecule has 0 unspecified atom stereocenters. The highest BCUT2D eigenvalue weighted by molar-refractivity contribution is 7.78. The molecule has 0 aliphatic rings. The van der Waals surface area contributed by atoms with E-state index in [4.69, 9.17) is 4.74 Å². The van der Waals surface area contributed by atoms with Gasteiger partial charge in [0, 0.05) is 13.1 Å². The summed E-state index contributed by atoms with van der Waals surface area (Å²) in [5.74, 6) is 0. The lowest BCUT2D eigenvalue weighted by Crippen LogP contribution is -2.35. The molecule has 2 N–H and O–H groups in total. The summed E-state index contributed by atoms with van der Waals surface area (Å²) in [6.45, 7) is 6.59. The maximum atomic E-state index is 10.9. The van der Waals surface area contributed by atoms with Gasteiger partial charge >= 0.3 is 6.09 Å². The molecule has 72 valence electrons. The van der Waals surface area contributed by atoms with Crippen LogP contribution in [0.25, 0.3) is 0 Å². The summed E-state index contributed by atoms with van der Waals surface area (Å²) in [4.78, 5) is 10.9. The first kappa shape index (κ1) is 11.6. The van der Waals surface area contributed by atoms with Crippen LogP contribution in [0.4, 0.5) is 4.79 Å². The summed E-state index contributed by atoms with van der Waals surface area (Å²) in [6, 6.07) is 0. The second-order valence-electron chi connectivity index (χ2n) is 3.34. The van der Waals surface area contributed by atoms with Gasteiger partial charge in [-0.05, 0) is 20.8 Å². The average molecular weight is 192 g/mol. The molecule has 0 aromatic heterocycles. The standard InChI is InChI=1S/C7H16N2O2S/c1-7(2,3)11-6(10)8-4-5-9-12/h9,12H,4-5H2,1-3H3,(H,8,10). The SMILES string of the molecule is CC(C)(C)OC(=O)NCCNS. The first-order chi connectivity index (χ1) is 5.45. The lowest BCUT2D eigenvalue weighted by Gasteiger charge is -2.19. The van der Waals surface area contributed by atoms with Gasteiger partial charge in [-0.3, -0.25) is 4.72 Å². The average Bonchev–Trinajstić information content (AvgIpc) is 1.84. The van der Waals surface area contributed by atoms with Crippen LogP contribution < -0.4 is 10.0 Å². The van der Waals surface area contributed by atoms with Crippen molar-refractivity contribution in [2.45, 2.75) is 26.4 Å². The van der Waals surface area contributed by atoms with Gasteiger partial charge in [0.1, 0.15) is 5.60 Å². The zero-order chi connectivity index (χ0) is 9.61. The quantitative estimate of drug-likeness (QED) is 0.461. The minimum Gasteiger partial charge on any atom is -0.444 e. The fourth-order valence-corrected chi connectivity index (χ4v) is 0.646. The van der Waals surface area contributed by atoms with Crippen LogP contribution in [0.3, 0.4) is 0 Å². The number of ether oxygens (including phenoxy) is 1. The van der Waals surface area contributed by atoms with Crippen molar-refractivity contribution in [1.29, 1.82) is 0 Å². The normalized spacial score (nSPS) is 11.0. The summed E-state index contributed by atoms with van der Waals surface area (Å²) in [7, 11) is 0. The fourth-order valence-electron chi connectivity index (χ4n) is 0.535. The van der Waals surface area contributed by atoms with Crippen molar-refractivity contribution in [3.05, 3.63) is 0 Å². The molecule has 0 heterocycles. The van der Waals surface area contributed by atoms with Crippen molar-refractivity contribution in [2.75, 3.05) is 13.1 Å². The Balaban J connectivity index is 3.47. The molecular formula is C7H16N2O2S. The molecule has 12 heavy (non-hydrogen) atoms. The van der Waals surface area contributed by atoms with E-state index in [-0.39, 0.29) is 0 Å². The molecule has 0 aromatic carbocycles. The number of thiol groups is 1. The first-order valence-corrected chi connectivity index (χ1v) is 4.24. The summed E-state index contributed by atoms with van der Waals surface area (Å²) >= 11 is 3.77. The largest absolute Gasteiger partial charge is 0.444 e. The summed E-state index contributed by atoms with van der Waals surface area (Å²) in [6.07, 6.45) is -0.397. The number of alkyl carbamates (subject to hydrolysis) is 1. The van der Waals surface area contributed by atoms with Crippen LogP contribution in [0, 0.1) is 0 Å². The minimum atomic E-state index is -0.432. The molecule has 0 radical (unpaired) electrons. The molecule has 0 aliphatic heterocycles. The Hall–Kier alpha value is -0.420. The van der Waals surface area contributed by atoms with E-state index in [1.165, 1.54) is 0 Å². The molecular weight excluding hydrogens is 176 g/mol. The van der Waals surface area contributed by atoms with E-state index in [2.05, 4.69) is 22.9 Å². The van der Waals surface area contributed by atoms with Crippen LogP contribution in [-0.4, -0.2) is 24.8 Å². The van der Waals surface area contributed by atoms with Crippen LogP contribution in [0.1, 0.15) is 20.8 Å². The van der Waals surface area contributed by atoms with Crippen molar-refractivity contribution in [3.63, 3.8) is 0 Å². The lowest BCUT2D eigenvalue weighted by molar-refractivity contribution is 0.0529. The third kappa shape index (κ3) is 7.68. The second-order valence-corrected chi connectivity index (χ2v) is 3.65. The maximum absolute atomic E-state index is 10.9. The molecule has 0 rings (SSSR count). The molecule has 5 heteroatoms. The lowest BCUT2D eigenvalue weighted by atomic mass is 10.2. The Kier molecular flexibility index (Phi) is 5.08. The van der Waals surface area contributed by atoms with Crippen molar-refractivity contribution in [3.8, 4) is 0 Å². The van der Waals surface area contributed by atoms with E-state index in [1.54, 1.807) is 0 Å². The number of amides is 1. The highest BCUT2D eigenvalue weighted by atomic mass is 32.1. The van der Waals surface area contributed by atoms with Gasteiger partial charge in [-0.2, -0.15) is 0 Å². The molecule has 0 atom stereocenters. The van der Waals surface area contributed by atoms with Gasteiger partial charge in [-0.15, -0.1) is 0 Å². The zero-order valence-electron chi connectivity index (χ0n) is 7.68. The van der Waals surface area contributed by atoms with Gasteiger partial charge in [-0.25, -0.2) is 4.79 Å². The first-order valence-electron chi connectivity index (χ1n) is 3.79. The number of hydrogen-bond donors (Lipinski definition) is 3. The molecule has 0 bridgehead atoms. The van der Waals surface area contributed by atoms with Gasteiger partial charge in [0.25, 0.3) is 0 Å². The van der Waals surface area contributed by atoms with Crippen LogP contribution in [-0.2, 0) is 4.74 Å².